The first-order valence-electron chi connectivity index (χ1n) is 7.37. The zero-order valence-corrected chi connectivity index (χ0v) is 13.1. The number of hydrogen-bond acceptors (Lipinski definition) is 3. The summed E-state index contributed by atoms with van der Waals surface area (Å²) in [5.41, 5.74) is 1.12. The molecule has 0 saturated carbocycles. The summed E-state index contributed by atoms with van der Waals surface area (Å²) in [6.45, 7) is 0.912. The van der Waals surface area contributed by atoms with E-state index in [-0.39, 0.29) is 6.04 Å². The molecule has 4 heteroatoms. The van der Waals surface area contributed by atoms with E-state index in [1.807, 2.05) is 25.2 Å². The van der Waals surface area contributed by atoms with Crippen molar-refractivity contribution in [1.29, 1.82) is 0 Å². The summed E-state index contributed by atoms with van der Waals surface area (Å²) in [7, 11) is 3.68. The fourth-order valence-corrected chi connectivity index (χ4v) is 3.00. The molecule has 1 saturated heterocycles. The Morgan fingerprint density at radius 1 is 1.45 bits per heavy atom. The highest BCUT2D eigenvalue weighted by Gasteiger charge is 2.19. The Bertz CT molecular complexity index is 419. The topological polar surface area (TPSA) is 30.5 Å². The van der Waals surface area contributed by atoms with E-state index in [1.165, 1.54) is 19.3 Å². The van der Waals surface area contributed by atoms with Crippen LogP contribution in [0.1, 0.15) is 43.7 Å². The highest BCUT2D eigenvalue weighted by Crippen LogP contribution is 2.31. The zero-order valence-electron chi connectivity index (χ0n) is 12.3. The Hall–Kier alpha value is -0.770. The minimum atomic E-state index is 0.245. The van der Waals surface area contributed by atoms with Gasteiger partial charge in [0.2, 0.25) is 0 Å². The summed E-state index contributed by atoms with van der Waals surface area (Å²) < 4.78 is 11.2. The predicted molar refractivity (Wildman–Crippen MR) is 82.6 cm³/mol. The maximum absolute atomic E-state index is 6.12. The van der Waals surface area contributed by atoms with Crippen LogP contribution in [0.3, 0.4) is 0 Å². The van der Waals surface area contributed by atoms with Crippen molar-refractivity contribution in [2.24, 2.45) is 0 Å². The van der Waals surface area contributed by atoms with Gasteiger partial charge in [-0.15, -0.1) is 0 Å². The molecule has 1 aliphatic heterocycles. The average Bonchev–Trinajstić information content (AvgIpc) is 2.49. The van der Waals surface area contributed by atoms with Crippen LogP contribution in [0.5, 0.6) is 5.75 Å². The van der Waals surface area contributed by atoms with Crippen molar-refractivity contribution in [3.63, 3.8) is 0 Å². The molecule has 2 atom stereocenters. The third-order valence-corrected chi connectivity index (χ3v) is 4.20. The molecule has 1 aliphatic rings. The molecule has 3 nitrogen and oxygen atoms in total. The molecule has 1 aromatic rings. The van der Waals surface area contributed by atoms with E-state index >= 15 is 0 Å². The molecule has 1 fully saturated rings. The van der Waals surface area contributed by atoms with E-state index in [1.54, 1.807) is 7.11 Å². The molecule has 0 bridgehead atoms. The average molecular weight is 298 g/mol. The lowest BCUT2D eigenvalue weighted by molar-refractivity contribution is 0.00862. The first kappa shape index (κ1) is 15.6. The lowest BCUT2D eigenvalue weighted by Crippen LogP contribution is -2.23. The molecule has 2 unspecified atom stereocenters. The van der Waals surface area contributed by atoms with Gasteiger partial charge in [-0.05, 0) is 57.4 Å². The minimum absolute atomic E-state index is 0.245. The molecule has 1 N–H and O–H groups in total. The van der Waals surface area contributed by atoms with Crippen molar-refractivity contribution < 1.29 is 9.47 Å². The van der Waals surface area contributed by atoms with E-state index < -0.39 is 0 Å². The summed E-state index contributed by atoms with van der Waals surface area (Å²) in [4.78, 5) is 0. The van der Waals surface area contributed by atoms with Gasteiger partial charge in [0.15, 0.2) is 0 Å². The first-order valence-corrected chi connectivity index (χ1v) is 7.74. The van der Waals surface area contributed by atoms with Crippen LogP contribution in [0.25, 0.3) is 0 Å². The second-order valence-electron chi connectivity index (χ2n) is 5.29. The highest BCUT2D eigenvalue weighted by molar-refractivity contribution is 6.30. The monoisotopic (exact) mass is 297 g/mol. The largest absolute Gasteiger partial charge is 0.496 e. The molecular formula is C16H24ClNO2. The number of ether oxygens (including phenoxy) is 2. The van der Waals surface area contributed by atoms with Gasteiger partial charge in [-0.1, -0.05) is 11.6 Å². The van der Waals surface area contributed by atoms with E-state index in [2.05, 4.69) is 5.32 Å². The van der Waals surface area contributed by atoms with E-state index in [9.17, 15) is 0 Å². The van der Waals surface area contributed by atoms with Gasteiger partial charge < -0.3 is 14.8 Å². The van der Waals surface area contributed by atoms with Gasteiger partial charge in [0.05, 0.1) is 13.2 Å². The molecular weight excluding hydrogens is 274 g/mol. The van der Waals surface area contributed by atoms with Crippen molar-refractivity contribution in [3.8, 4) is 5.75 Å². The number of halogens is 1. The molecule has 0 aromatic heterocycles. The molecule has 2 rings (SSSR count). The molecule has 1 aromatic carbocycles. The summed E-state index contributed by atoms with van der Waals surface area (Å²) in [6.07, 6.45) is 6.18. The van der Waals surface area contributed by atoms with Gasteiger partial charge in [0.1, 0.15) is 5.75 Å². The van der Waals surface area contributed by atoms with Crippen molar-refractivity contribution >= 4 is 11.6 Å². The SMILES string of the molecule is CNC(CCC1CCCCO1)c1cc(Cl)ccc1OC. The molecule has 0 aliphatic carbocycles. The summed E-state index contributed by atoms with van der Waals surface area (Å²) in [5.74, 6) is 0.887. The number of rotatable bonds is 6. The Balaban J connectivity index is 2.01. The van der Waals surface area contributed by atoms with Crippen LogP contribution in [-0.4, -0.2) is 26.9 Å². The molecule has 0 spiro atoms. The van der Waals surface area contributed by atoms with Gasteiger partial charge in [-0.25, -0.2) is 0 Å². The summed E-state index contributed by atoms with van der Waals surface area (Å²) in [5, 5.41) is 4.11. The van der Waals surface area contributed by atoms with Crippen molar-refractivity contribution in [2.75, 3.05) is 20.8 Å². The lowest BCUT2D eigenvalue weighted by atomic mass is 9.97. The Morgan fingerprint density at radius 3 is 2.95 bits per heavy atom. The van der Waals surface area contributed by atoms with Gasteiger partial charge >= 0.3 is 0 Å². The second kappa shape index (κ2) is 7.87. The second-order valence-corrected chi connectivity index (χ2v) is 5.73. The third kappa shape index (κ3) is 4.11. The number of methoxy groups -OCH3 is 1. The van der Waals surface area contributed by atoms with Crippen LogP contribution >= 0.6 is 11.6 Å². The molecule has 1 heterocycles. The lowest BCUT2D eigenvalue weighted by Gasteiger charge is -2.25. The number of hydrogen-bond donors (Lipinski definition) is 1. The van der Waals surface area contributed by atoms with E-state index in [0.717, 1.165) is 35.8 Å². The quantitative estimate of drug-likeness (QED) is 0.862. The van der Waals surface area contributed by atoms with Crippen molar-refractivity contribution in [2.45, 2.75) is 44.2 Å². The van der Waals surface area contributed by atoms with Gasteiger partial charge in [-0.3, -0.25) is 0 Å². The Labute approximate surface area is 126 Å². The molecule has 0 amide bonds. The van der Waals surface area contributed by atoms with Crippen LogP contribution in [0, 0.1) is 0 Å². The normalized spacial score (nSPS) is 20.6. The van der Waals surface area contributed by atoms with E-state index in [4.69, 9.17) is 21.1 Å². The van der Waals surface area contributed by atoms with Crippen LogP contribution in [0.4, 0.5) is 0 Å². The summed E-state index contributed by atoms with van der Waals surface area (Å²) in [6, 6.07) is 6.03. The Kier molecular flexibility index (Phi) is 6.14. The van der Waals surface area contributed by atoms with E-state index in [0.29, 0.717) is 6.10 Å². The molecule has 112 valence electrons. The molecule has 0 radical (unpaired) electrons. The van der Waals surface area contributed by atoms with Crippen LogP contribution in [-0.2, 0) is 4.74 Å². The first-order chi connectivity index (χ1) is 9.74. The fraction of sp³-hybridized carbons (Fsp3) is 0.625. The maximum atomic E-state index is 6.12. The smallest absolute Gasteiger partial charge is 0.123 e. The standard InChI is InChI=1S/C16H24ClNO2/c1-18-15(8-7-13-5-3-4-10-20-13)14-11-12(17)6-9-16(14)19-2/h6,9,11,13,15,18H,3-5,7-8,10H2,1-2H3. The fourth-order valence-electron chi connectivity index (χ4n) is 2.82. The van der Waals surface area contributed by atoms with Crippen LogP contribution in [0.2, 0.25) is 5.02 Å². The maximum Gasteiger partial charge on any atom is 0.123 e. The Morgan fingerprint density at radius 2 is 2.30 bits per heavy atom. The number of nitrogens with one attached hydrogen (secondary N) is 1. The summed E-state index contributed by atoms with van der Waals surface area (Å²) >= 11 is 6.12. The zero-order chi connectivity index (χ0) is 14.4. The van der Waals surface area contributed by atoms with Crippen molar-refractivity contribution in [1.82, 2.24) is 5.32 Å². The van der Waals surface area contributed by atoms with Crippen LogP contribution in [0.15, 0.2) is 18.2 Å². The third-order valence-electron chi connectivity index (χ3n) is 3.97. The van der Waals surface area contributed by atoms with Gasteiger partial charge in [-0.2, -0.15) is 0 Å². The van der Waals surface area contributed by atoms with Gasteiger partial charge in [0, 0.05) is 23.2 Å². The van der Waals surface area contributed by atoms with Gasteiger partial charge in [0.25, 0.3) is 0 Å². The minimum Gasteiger partial charge on any atom is -0.496 e. The predicted octanol–water partition coefficient (Wildman–Crippen LogP) is 3.96. The number of benzene rings is 1. The van der Waals surface area contributed by atoms with Crippen LogP contribution < -0.4 is 10.1 Å². The van der Waals surface area contributed by atoms with Crippen molar-refractivity contribution in [3.05, 3.63) is 28.8 Å². The molecule has 20 heavy (non-hydrogen) atoms. The highest BCUT2D eigenvalue weighted by atomic mass is 35.5.